The smallest absolute Gasteiger partial charge is 0.224 e. The number of carbonyl (C=O) groups is 1. The van der Waals surface area contributed by atoms with E-state index in [4.69, 9.17) is 9.47 Å². The van der Waals surface area contributed by atoms with E-state index < -0.39 is 0 Å². The van der Waals surface area contributed by atoms with Crippen molar-refractivity contribution in [3.8, 4) is 11.5 Å². The number of benzene rings is 1. The molecule has 0 spiro atoms. The summed E-state index contributed by atoms with van der Waals surface area (Å²) in [7, 11) is 1.59. The zero-order valence-electron chi connectivity index (χ0n) is 12.5. The molecule has 0 saturated carbocycles. The van der Waals surface area contributed by atoms with Crippen LogP contribution in [0, 0.1) is 5.92 Å². The van der Waals surface area contributed by atoms with E-state index in [1.54, 1.807) is 13.2 Å². The standard InChI is InChI=1S/C15H22N2O3.ClH/c1-3-20-13-5-4-12(9-14(13)19-2)17-15(18)8-11-6-7-16-10-11;/h4-5,9,11,16H,3,6-8,10H2,1-2H3,(H,17,18);1H. The van der Waals surface area contributed by atoms with E-state index in [0.29, 0.717) is 30.4 Å². The van der Waals surface area contributed by atoms with Crippen LogP contribution in [0.5, 0.6) is 11.5 Å². The number of carbonyl (C=O) groups excluding carboxylic acids is 1. The second-order valence-electron chi connectivity index (χ2n) is 4.91. The summed E-state index contributed by atoms with van der Waals surface area (Å²) in [6.07, 6.45) is 1.63. The van der Waals surface area contributed by atoms with Crippen molar-refractivity contribution in [2.75, 3.05) is 32.1 Å². The molecule has 1 aromatic carbocycles. The van der Waals surface area contributed by atoms with Crippen LogP contribution >= 0.6 is 12.4 Å². The number of methoxy groups -OCH3 is 1. The zero-order chi connectivity index (χ0) is 14.4. The van der Waals surface area contributed by atoms with Crippen molar-refractivity contribution in [1.82, 2.24) is 5.32 Å². The van der Waals surface area contributed by atoms with Crippen LogP contribution in [0.1, 0.15) is 19.8 Å². The second kappa shape index (κ2) is 8.74. The van der Waals surface area contributed by atoms with Crippen molar-refractivity contribution in [3.63, 3.8) is 0 Å². The normalized spacial score (nSPS) is 17.0. The highest BCUT2D eigenvalue weighted by molar-refractivity contribution is 5.91. The highest BCUT2D eigenvalue weighted by Gasteiger charge is 2.18. The summed E-state index contributed by atoms with van der Waals surface area (Å²) in [6, 6.07) is 5.43. The van der Waals surface area contributed by atoms with Gasteiger partial charge in [0.05, 0.1) is 13.7 Å². The average molecular weight is 315 g/mol. The highest BCUT2D eigenvalue weighted by Crippen LogP contribution is 2.30. The summed E-state index contributed by atoms with van der Waals surface area (Å²) in [5, 5.41) is 6.18. The van der Waals surface area contributed by atoms with Gasteiger partial charge in [-0.05, 0) is 44.5 Å². The lowest BCUT2D eigenvalue weighted by Gasteiger charge is -2.13. The van der Waals surface area contributed by atoms with Crippen LogP contribution in [0.25, 0.3) is 0 Å². The predicted molar refractivity (Wildman–Crippen MR) is 85.6 cm³/mol. The monoisotopic (exact) mass is 314 g/mol. The van der Waals surface area contributed by atoms with Gasteiger partial charge in [0.2, 0.25) is 5.91 Å². The molecule has 5 nitrogen and oxygen atoms in total. The lowest BCUT2D eigenvalue weighted by Crippen LogP contribution is -2.18. The number of nitrogens with one attached hydrogen (secondary N) is 2. The number of anilines is 1. The molecule has 2 rings (SSSR count). The van der Waals surface area contributed by atoms with E-state index in [0.717, 1.165) is 25.2 Å². The fourth-order valence-electron chi connectivity index (χ4n) is 2.38. The second-order valence-corrected chi connectivity index (χ2v) is 4.91. The van der Waals surface area contributed by atoms with Crippen molar-refractivity contribution in [2.45, 2.75) is 19.8 Å². The Hall–Kier alpha value is -1.46. The Bertz CT molecular complexity index is 462. The Morgan fingerprint density at radius 2 is 2.24 bits per heavy atom. The van der Waals surface area contributed by atoms with Gasteiger partial charge in [-0.3, -0.25) is 4.79 Å². The molecule has 0 aromatic heterocycles. The van der Waals surface area contributed by atoms with Crippen molar-refractivity contribution in [2.24, 2.45) is 5.92 Å². The molecule has 1 aliphatic rings. The Balaban J connectivity index is 0.00000220. The first-order valence-corrected chi connectivity index (χ1v) is 7.04. The van der Waals surface area contributed by atoms with Crippen molar-refractivity contribution in [1.29, 1.82) is 0 Å². The minimum atomic E-state index is 0. The van der Waals surface area contributed by atoms with Crippen molar-refractivity contribution < 1.29 is 14.3 Å². The Morgan fingerprint density at radius 3 is 2.86 bits per heavy atom. The predicted octanol–water partition coefficient (Wildman–Crippen LogP) is 2.45. The van der Waals surface area contributed by atoms with Crippen LogP contribution in [-0.2, 0) is 4.79 Å². The molecule has 1 saturated heterocycles. The summed E-state index contributed by atoms with van der Waals surface area (Å²) in [5.41, 5.74) is 0.737. The first-order valence-electron chi connectivity index (χ1n) is 7.04. The van der Waals surface area contributed by atoms with Gasteiger partial charge in [0.15, 0.2) is 11.5 Å². The van der Waals surface area contributed by atoms with Crippen LogP contribution in [0.15, 0.2) is 18.2 Å². The fourth-order valence-corrected chi connectivity index (χ4v) is 2.38. The van der Waals surface area contributed by atoms with Crippen molar-refractivity contribution >= 4 is 24.0 Å². The minimum absolute atomic E-state index is 0. The lowest BCUT2D eigenvalue weighted by atomic mass is 10.0. The molecule has 6 heteroatoms. The number of hydrogen-bond acceptors (Lipinski definition) is 4. The highest BCUT2D eigenvalue weighted by atomic mass is 35.5. The summed E-state index contributed by atoms with van der Waals surface area (Å²) in [4.78, 5) is 12.0. The van der Waals surface area contributed by atoms with Crippen LogP contribution in [0.2, 0.25) is 0 Å². The molecule has 0 bridgehead atoms. The van der Waals surface area contributed by atoms with Crippen LogP contribution in [0.4, 0.5) is 5.69 Å². The average Bonchev–Trinajstić information content (AvgIpc) is 2.93. The molecule has 1 fully saturated rings. The third kappa shape index (κ3) is 5.10. The van der Waals surface area contributed by atoms with Gasteiger partial charge in [0.1, 0.15) is 0 Å². The van der Waals surface area contributed by atoms with Gasteiger partial charge >= 0.3 is 0 Å². The maximum absolute atomic E-state index is 12.0. The van der Waals surface area contributed by atoms with Gasteiger partial charge < -0.3 is 20.1 Å². The SMILES string of the molecule is CCOc1ccc(NC(=O)CC2CCNC2)cc1OC.Cl. The first-order chi connectivity index (χ1) is 9.72. The van der Waals surface area contributed by atoms with E-state index in [2.05, 4.69) is 10.6 Å². The van der Waals surface area contributed by atoms with Gasteiger partial charge in [-0.25, -0.2) is 0 Å². The van der Waals surface area contributed by atoms with E-state index in [9.17, 15) is 4.79 Å². The van der Waals surface area contributed by atoms with E-state index in [1.807, 2.05) is 19.1 Å². The molecule has 1 atom stereocenters. The van der Waals surface area contributed by atoms with Crippen molar-refractivity contribution in [3.05, 3.63) is 18.2 Å². The number of ether oxygens (including phenoxy) is 2. The summed E-state index contributed by atoms with van der Waals surface area (Å²) in [5.74, 6) is 1.81. The molecule has 1 heterocycles. The number of hydrogen-bond donors (Lipinski definition) is 2. The Kier molecular flexibility index (Phi) is 7.32. The third-order valence-corrected chi connectivity index (χ3v) is 3.38. The lowest BCUT2D eigenvalue weighted by molar-refractivity contribution is -0.116. The Morgan fingerprint density at radius 1 is 1.43 bits per heavy atom. The fraction of sp³-hybridized carbons (Fsp3) is 0.533. The minimum Gasteiger partial charge on any atom is -0.493 e. The maximum atomic E-state index is 12.0. The summed E-state index contributed by atoms with van der Waals surface area (Å²) < 4.78 is 10.7. The number of rotatable bonds is 6. The quantitative estimate of drug-likeness (QED) is 0.847. The van der Waals surface area contributed by atoms with Gasteiger partial charge in [0, 0.05) is 18.2 Å². The van der Waals surface area contributed by atoms with Crippen LogP contribution < -0.4 is 20.1 Å². The van der Waals surface area contributed by atoms with Gasteiger partial charge in [-0.2, -0.15) is 0 Å². The Labute approximate surface area is 131 Å². The molecule has 1 aliphatic heterocycles. The molecule has 118 valence electrons. The molecule has 0 radical (unpaired) electrons. The van der Waals surface area contributed by atoms with Crippen LogP contribution in [0.3, 0.4) is 0 Å². The van der Waals surface area contributed by atoms with E-state index in [1.165, 1.54) is 0 Å². The summed E-state index contributed by atoms with van der Waals surface area (Å²) >= 11 is 0. The number of halogens is 1. The molecule has 21 heavy (non-hydrogen) atoms. The topological polar surface area (TPSA) is 59.6 Å². The van der Waals surface area contributed by atoms with Crippen LogP contribution in [-0.4, -0.2) is 32.7 Å². The molecule has 1 amide bonds. The molecule has 1 unspecified atom stereocenters. The zero-order valence-corrected chi connectivity index (χ0v) is 13.3. The molecular weight excluding hydrogens is 292 g/mol. The molecule has 0 aliphatic carbocycles. The largest absolute Gasteiger partial charge is 0.493 e. The van der Waals surface area contributed by atoms with E-state index in [-0.39, 0.29) is 18.3 Å². The third-order valence-electron chi connectivity index (χ3n) is 3.38. The van der Waals surface area contributed by atoms with Gasteiger partial charge in [-0.1, -0.05) is 0 Å². The maximum Gasteiger partial charge on any atom is 0.224 e. The van der Waals surface area contributed by atoms with Gasteiger partial charge in [0.25, 0.3) is 0 Å². The number of amides is 1. The molecule has 2 N–H and O–H groups in total. The summed E-state index contributed by atoms with van der Waals surface area (Å²) in [6.45, 7) is 4.44. The van der Waals surface area contributed by atoms with E-state index >= 15 is 0 Å². The molecule has 1 aromatic rings. The molecular formula is C15H23ClN2O3. The van der Waals surface area contributed by atoms with Gasteiger partial charge in [-0.15, -0.1) is 12.4 Å². The first kappa shape index (κ1) is 17.6.